The molecule has 1 atom stereocenters. The predicted molar refractivity (Wildman–Crippen MR) is 101 cm³/mol. The van der Waals surface area contributed by atoms with E-state index in [1.807, 2.05) is 25.3 Å². The molecule has 4 rings (SSSR count). The Hall–Kier alpha value is -1.69. The van der Waals surface area contributed by atoms with Crippen molar-refractivity contribution in [2.24, 2.45) is 0 Å². The highest BCUT2D eigenvalue weighted by Crippen LogP contribution is 2.38. The lowest BCUT2D eigenvalue weighted by Gasteiger charge is -2.38. The molecule has 2 aliphatic heterocycles. The van der Waals surface area contributed by atoms with Crippen LogP contribution in [0.4, 0.5) is 0 Å². The number of likely N-dealkylation sites (N-methyl/N-ethyl adjacent to an activating group) is 1. The molecule has 2 aliphatic rings. The number of aromatic nitrogens is 1. The van der Waals surface area contributed by atoms with Gasteiger partial charge in [0.25, 0.3) is 0 Å². The summed E-state index contributed by atoms with van der Waals surface area (Å²) in [7, 11) is 2.19. The molecule has 0 aliphatic carbocycles. The van der Waals surface area contributed by atoms with Crippen LogP contribution in [0.15, 0.2) is 40.9 Å². The minimum Gasteiger partial charge on any atom is -0.465 e. The predicted octanol–water partition coefficient (Wildman–Crippen LogP) is 3.24. The topological polar surface area (TPSA) is 41.7 Å². The largest absolute Gasteiger partial charge is 0.465 e. The van der Waals surface area contributed by atoms with Crippen molar-refractivity contribution in [3.63, 3.8) is 0 Å². The third-order valence-electron chi connectivity index (χ3n) is 5.89. The van der Waals surface area contributed by atoms with Gasteiger partial charge >= 0.3 is 0 Å². The molecule has 1 spiro atoms. The fourth-order valence-electron chi connectivity index (χ4n) is 4.24. The number of ether oxygens (including phenoxy) is 1. The third-order valence-corrected chi connectivity index (χ3v) is 5.89. The van der Waals surface area contributed by atoms with Crippen molar-refractivity contribution in [2.75, 3.05) is 26.7 Å². The molecule has 0 amide bonds. The van der Waals surface area contributed by atoms with Crippen molar-refractivity contribution in [3.05, 3.63) is 53.7 Å². The first-order chi connectivity index (χ1) is 12.6. The van der Waals surface area contributed by atoms with Crippen molar-refractivity contribution in [1.82, 2.24) is 14.8 Å². The molecule has 5 nitrogen and oxygen atoms in total. The molecule has 2 aromatic heterocycles. The molecule has 0 aromatic carbocycles. The Morgan fingerprint density at radius 3 is 2.77 bits per heavy atom. The number of nitrogens with zero attached hydrogens (tertiary/aromatic N) is 3. The quantitative estimate of drug-likeness (QED) is 0.824. The molecule has 0 radical (unpaired) electrons. The van der Waals surface area contributed by atoms with Gasteiger partial charge in [-0.15, -0.1) is 0 Å². The molecular formula is C21H29N3O2. The second kappa shape index (κ2) is 7.51. The van der Waals surface area contributed by atoms with E-state index in [1.165, 1.54) is 0 Å². The van der Waals surface area contributed by atoms with Crippen molar-refractivity contribution in [3.8, 4) is 0 Å². The SMILES string of the molecule is Cc1ccc(CN2CCC3(CC2)CC(N(C)Cc2ccccn2)CO3)o1. The van der Waals surface area contributed by atoms with E-state index < -0.39 is 0 Å². The lowest BCUT2D eigenvalue weighted by atomic mass is 9.87. The smallest absolute Gasteiger partial charge is 0.118 e. The van der Waals surface area contributed by atoms with Crippen LogP contribution in [0.3, 0.4) is 0 Å². The zero-order valence-electron chi connectivity index (χ0n) is 15.9. The van der Waals surface area contributed by atoms with Crippen molar-refractivity contribution >= 4 is 0 Å². The van der Waals surface area contributed by atoms with Crippen LogP contribution in [-0.4, -0.2) is 53.2 Å². The van der Waals surface area contributed by atoms with Crippen LogP contribution < -0.4 is 0 Å². The average molecular weight is 355 g/mol. The highest BCUT2D eigenvalue weighted by Gasteiger charge is 2.43. The van der Waals surface area contributed by atoms with Gasteiger partial charge in [-0.2, -0.15) is 0 Å². The van der Waals surface area contributed by atoms with Crippen LogP contribution in [0.25, 0.3) is 0 Å². The summed E-state index contributed by atoms with van der Waals surface area (Å²) in [6.45, 7) is 6.79. The minimum atomic E-state index is 0.0681. The molecule has 2 saturated heterocycles. The van der Waals surface area contributed by atoms with Gasteiger partial charge in [-0.05, 0) is 57.5 Å². The number of hydrogen-bond acceptors (Lipinski definition) is 5. The molecular weight excluding hydrogens is 326 g/mol. The number of hydrogen-bond donors (Lipinski definition) is 0. The zero-order valence-corrected chi connectivity index (χ0v) is 15.9. The maximum absolute atomic E-state index is 6.34. The van der Waals surface area contributed by atoms with E-state index in [1.54, 1.807) is 0 Å². The fourth-order valence-corrected chi connectivity index (χ4v) is 4.24. The van der Waals surface area contributed by atoms with Gasteiger partial charge in [0.15, 0.2) is 0 Å². The van der Waals surface area contributed by atoms with E-state index in [4.69, 9.17) is 9.15 Å². The summed E-state index contributed by atoms with van der Waals surface area (Å²) in [4.78, 5) is 9.33. The van der Waals surface area contributed by atoms with Crippen LogP contribution in [0.1, 0.15) is 36.5 Å². The van der Waals surface area contributed by atoms with Crippen molar-refractivity contribution in [2.45, 2.75) is 50.9 Å². The monoisotopic (exact) mass is 355 g/mol. The number of likely N-dealkylation sites (tertiary alicyclic amines) is 1. The number of piperidine rings is 1. The van der Waals surface area contributed by atoms with Gasteiger partial charge in [0.1, 0.15) is 11.5 Å². The molecule has 0 N–H and O–H groups in total. The van der Waals surface area contributed by atoms with Gasteiger partial charge in [0, 0.05) is 31.9 Å². The Labute approximate surface area is 156 Å². The molecule has 0 saturated carbocycles. The van der Waals surface area contributed by atoms with Crippen molar-refractivity contribution in [1.29, 1.82) is 0 Å². The summed E-state index contributed by atoms with van der Waals surface area (Å²) >= 11 is 0. The summed E-state index contributed by atoms with van der Waals surface area (Å²) in [5, 5.41) is 0. The van der Waals surface area contributed by atoms with Gasteiger partial charge in [-0.25, -0.2) is 0 Å². The van der Waals surface area contributed by atoms with Crippen LogP contribution in [0.5, 0.6) is 0 Å². The number of rotatable bonds is 5. The van der Waals surface area contributed by atoms with E-state index in [9.17, 15) is 0 Å². The molecule has 1 unspecified atom stereocenters. The van der Waals surface area contributed by atoms with Gasteiger partial charge in [0.2, 0.25) is 0 Å². The Kier molecular flexibility index (Phi) is 5.11. The summed E-state index contributed by atoms with van der Waals surface area (Å²) < 4.78 is 12.1. The lowest BCUT2D eigenvalue weighted by molar-refractivity contribution is -0.0461. The number of aryl methyl sites for hydroxylation is 1. The average Bonchev–Trinajstić information content (AvgIpc) is 3.25. The highest BCUT2D eigenvalue weighted by molar-refractivity contribution is 5.07. The highest BCUT2D eigenvalue weighted by atomic mass is 16.5. The molecule has 140 valence electrons. The summed E-state index contributed by atoms with van der Waals surface area (Å²) in [6.07, 6.45) is 5.22. The Balaban J connectivity index is 1.28. The molecule has 4 heterocycles. The maximum Gasteiger partial charge on any atom is 0.118 e. The fraction of sp³-hybridized carbons (Fsp3) is 0.571. The first-order valence-electron chi connectivity index (χ1n) is 9.64. The Bertz CT molecular complexity index is 707. The maximum atomic E-state index is 6.34. The van der Waals surface area contributed by atoms with Crippen LogP contribution in [0, 0.1) is 6.92 Å². The number of furan rings is 1. The van der Waals surface area contributed by atoms with Crippen LogP contribution in [-0.2, 0) is 17.8 Å². The van der Waals surface area contributed by atoms with E-state index in [0.29, 0.717) is 6.04 Å². The summed E-state index contributed by atoms with van der Waals surface area (Å²) in [5.41, 5.74) is 1.19. The van der Waals surface area contributed by atoms with Crippen LogP contribution >= 0.6 is 0 Å². The molecule has 0 bridgehead atoms. The Morgan fingerprint density at radius 1 is 1.23 bits per heavy atom. The molecule has 2 aromatic rings. The van der Waals surface area contributed by atoms with Crippen LogP contribution in [0.2, 0.25) is 0 Å². The van der Waals surface area contributed by atoms with Gasteiger partial charge < -0.3 is 9.15 Å². The lowest BCUT2D eigenvalue weighted by Crippen LogP contribution is -2.44. The second-order valence-corrected chi connectivity index (χ2v) is 7.88. The summed E-state index contributed by atoms with van der Waals surface area (Å²) in [6, 6.07) is 10.7. The van der Waals surface area contributed by atoms with E-state index in [2.05, 4.69) is 40.0 Å². The minimum absolute atomic E-state index is 0.0681. The van der Waals surface area contributed by atoms with Gasteiger partial charge in [-0.1, -0.05) is 6.07 Å². The Morgan fingerprint density at radius 2 is 2.08 bits per heavy atom. The third kappa shape index (κ3) is 4.00. The van der Waals surface area contributed by atoms with E-state index >= 15 is 0 Å². The van der Waals surface area contributed by atoms with Gasteiger partial charge in [0.05, 0.1) is 24.4 Å². The van der Waals surface area contributed by atoms with E-state index in [-0.39, 0.29) is 5.60 Å². The molecule has 2 fully saturated rings. The second-order valence-electron chi connectivity index (χ2n) is 7.88. The molecule has 26 heavy (non-hydrogen) atoms. The van der Waals surface area contributed by atoms with Crippen molar-refractivity contribution < 1.29 is 9.15 Å². The number of pyridine rings is 1. The zero-order chi connectivity index (χ0) is 18.0. The first-order valence-corrected chi connectivity index (χ1v) is 9.64. The molecule has 5 heteroatoms. The first kappa shape index (κ1) is 17.7. The summed E-state index contributed by atoms with van der Waals surface area (Å²) in [5.74, 6) is 2.06. The van der Waals surface area contributed by atoms with Gasteiger partial charge in [-0.3, -0.25) is 14.8 Å². The van der Waals surface area contributed by atoms with E-state index in [0.717, 1.165) is 69.3 Å². The normalized spacial score (nSPS) is 23.1. The standard InChI is InChI=1S/C21H29N3O2/c1-17-6-7-20(26-17)15-24-11-8-21(9-12-24)13-19(16-25-21)23(2)14-18-5-3-4-10-22-18/h3-7,10,19H,8-9,11-16H2,1-2H3.